The molecular weight excluding hydrogens is 468 g/mol. The van der Waals surface area contributed by atoms with Crippen LogP contribution in [0.5, 0.6) is 0 Å². The number of piperidine rings is 1. The monoisotopic (exact) mass is 504 g/mol. The smallest absolute Gasteiger partial charge is 0.255 e. The van der Waals surface area contributed by atoms with Crippen LogP contribution in [0, 0.1) is 0 Å². The van der Waals surface area contributed by atoms with Crippen LogP contribution < -0.4 is 16.0 Å². The van der Waals surface area contributed by atoms with E-state index in [1.807, 2.05) is 6.92 Å². The fourth-order valence-corrected chi connectivity index (χ4v) is 4.14. The zero-order valence-corrected chi connectivity index (χ0v) is 20.8. The lowest BCUT2D eigenvalue weighted by atomic mass is 10.0. The van der Waals surface area contributed by atoms with E-state index in [1.165, 1.54) is 4.90 Å². The molecule has 36 heavy (non-hydrogen) atoms. The molecule has 0 radical (unpaired) electrons. The van der Waals surface area contributed by atoms with Crippen LogP contribution in [0.25, 0.3) is 0 Å². The van der Waals surface area contributed by atoms with Crippen molar-refractivity contribution in [1.29, 1.82) is 0 Å². The van der Waals surface area contributed by atoms with Crippen molar-refractivity contribution in [3.63, 3.8) is 0 Å². The molecule has 0 bridgehead atoms. The van der Waals surface area contributed by atoms with E-state index in [2.05, 4.69) is 16.0 Å². The minimum atomic E-state index is -0.686. The van der Waals surface area contributed by atoms with Crippen molar-refractivity contribution in [1.82, 2.24) is 15.5 Å². The van der Waals surface area contributed by atoms with Gasteiger partial charge in [-0.15, -0.1) is 0 Å². The van der Waals surface area contributed by atoms with E-state index in [-0.39, 0.29) is 30.7 Å². The van der Waals surface area contributed by atoms with Crippen molar-refractivity contribution in [3.05, 3.63) is 29.3 Å². The second-order valence-corrected chi connectivity index (χ2v) is 8.56. The summed E-state index contributed by atoms with van der Waals surface area (Å²) in [5.74, 6) is -1.19. The van der Waals surface area contributed by atoms with E-state index in [9.17, 15) is 19.2 Å². The van der Waals surface area contributed by atoms with Gasteiger partial charge < -0.3 is 29.7 Å². The van der Waals surface area contributed by atoms with Crippen LogP contribution in [0.4, 0.5) is 5.69 Å². The Morgan fingerprint density at radius 2 is 1.81 bits per heavy atom. The third-order valence-corrected chi connectivity index (χ3v) is 5.98. The van der Waals surface area contributed by atoms with Crippen molar-refractivity contribution in [2.24, 2.45) is 0 Å². The molecule has 11 heteroatoms. The van der Waals surface area contributed by atoms with Gasteiger partial charge in [-0.2, -0.15) is 0 Å². The molecule has 1 saturated heterocycles. The topological polar surface area (TPSA) is 135 Å². The molecule has 2 heterocycles. The molecule has 0 spiro atoms. The maximum atomic E-state index is 12.9. The summed E-state index contributed by atoms with van der Waals surface area (Å²) in [6.45, 7) is 7.00. The first kappa shape index (κ1) is 27.7. The molecule has 2 aliphatic heterocycles. The molecular formula is C25H36N4O7. The van der Waals surface area contributed by atoms with Gasteiger partial charge in [0.2, 0.25) is 17.7 Å². The number of nitrogens with zero attached hydrogens (tertiary/aromatic N) is 1. The van der Waals surface area contributed by atoms with Crippen LogP contribution in [-0.4, -0.2) is 87.3 Å². The number of nitrogens with one attached hydrogen (secondary N) is 3. The molecule has 1 fully saturated rings. The molecule has 1 aromatic carbocycles. The molecule has 1 atom stereocenters. The Labute approximate surface area is 211 Å². The summed E-state index contributed by atoms with van der Waals surface area (Å²) >= 11 is 0. The summed E-state index contributed by atoms with van der Waals surface area (Å²) < 4.78 is 16.0. The minimum absolute atomic E-state index is 0.141. The Kier molecular flexibility index (Phi) is 11.3. The van der Waals surface area contributed by atoms with Crippen LogP contribution >= 0.6 is 0 Å². The van der Waals surface area contributed by atoms with Crippen molar-refractivity contribution in [2.75, 3.05) is 58.0 Å². The molecule has 1 aromatic rings. The van der Waals surface area contributed by atoms with Crippen molar-refractivity contribution >= 4 is 29.3 Å². The van der Waals surface area contributed by atoms with Crippen molar-refractivity contribution < 1.29 is 33.4 Å². The van der Waals surface area contributed by atoms with Crippen molar-refractivity contribution in [2.45, 2.75) is 45.2 Å². The highest BCUT2D eigenvalue weighted by molar-refractivity contribution is 6.06. The van der Waals surface area contributed by atoms with Gasteiger partial charge in [-0.25, -0.2) is 0 Å². The SMILES string of the molecule is CCOCCOCCOCCNCCCC(=O)Nc1cccc2c1CN(C1CCC(=O)NC1=O)C2=O. The fraction of sp³-hybridized carbons (Fsp3) is 0.600. The average molecular weight is 505 g/mol. The lowest BCUT2D eigenvalue weighted by Crippen LogP contribution is -2.52. The quantitative estimate of drug-likeness (QED) is 0.223. The molecule has 3 rings (SSSR count). The Balaban J connectivity index is 1.32. The molecule has 0 aliphatic carbocycles. The lowest BCUT2D eigenvalue weighted by molar-refractivity contribution is -0.137. The Morgan fingerprint density at radius 3 is 2.56 bits per heavy atom. The van der Waals surface area contributed by atoms with E-state index in [4.69, 9.17) is 14.2 Å². The zero-order valence-electron chi connectivity index (χ0n) is 20.8. The van der Waals surface area contributed by atoms with Gasteiger partial charge in [0.05, 0.1) is 33.0 Å². The first-order chi connectivity index (χ1) is 17.5. The number of carbonyl (C=O) groups is 4. The summed E-state index contributed by atoms with van der Waals surface area (Å²) in [4.78, 5) is 50.5. The predicted octanol–water partition coefficient (Wildman–Crippen LogP) is 0.826. The van der Waals surface area contributed by atoms with E-state index in [0.717, 1.165) is 0 Å². The molecule has 2 aliphatic rings. The second-order valence-electron chi connectivity index (χ2n) is 8.56. The highest BCUT2D eigenvalue weighted by Gasteiger charge is 2.39. The number of amides is 4. The third-order valence-electron chi connectivity index (χ3n) is 5.98. The molecule has 4 amide bonds. The number of anilines is 1. The molecule has 11 nitrogen and oxygen atoms in total. The fourth-order valence-electron chi connectivity index (χ4n) is 4.14. The standard InChI is InChI=1S/C25H36N4O7/c1-2-34-13-14-36-16-15-35-12-11-26-10-4-7-22(30)27-20-6-3-5-18-19(20)17-29(25(18)33)21-8-9-23(31)28-24(21)32/h3,5-6,21,26H,2,4,7-17H2,1H3,(H,27,30)(H,28,31,32). The number of ether oxygens (including phenoxy) is 3. The second kappa shape index (κ2) is 14.6. The minimum Gasteiger partial charge on any atom is -0.379 e. The number of rotatable bonds is 16. The summed E-state index contributed by atoms with van der Waals surface area (Å²) in [5.41, 5.74) is 1.74. The van der Waals surface area contributed by atoms with Crippen LogP contribution in [0.3, 0.4) is 0 Å². The molecule has 198 valence electrons. The Bertz CT molecular complexity index is 924. The van der Waals surface area contributed by atoms with Gasteiger partial charge in [0.1, 0.15) is 6.04 Å². The largest absolute Gasteiger partial charge is 0.379 e. The first-order valence-electron chi connectivity index (χ1n) is 12.5. The summed E-state index contributed by atoms with van der Waals surface area (Å²) in [6, 6.07) is 4.48. The van der Waals surface area contributed by atoms with E-state index < -0.39 is 11.9 Å². The van der Waals surface area contributed by atoms with E-state index in [0.29, 0.717) is 88.8 Å². The zero-order chi connectivity index (χ0) is 25.8. The van der Waals surface area contributed by atoms with Gasteiger partial charge in [0.25, 0.3) is 5.91 Å². The number of carbonyl (C=O) groups excluding carboxylic acids is 4. The van der Waals surface area contributed by atoms with Gasteiger partial charge in [0, 0.05) is 49.4 Å². The highest BCUT2D eigenvalue weighted by atomic mass is 16.5. The average Bonchev–Trinajstić information content (AvgIpc) is 3.19. The number of hydrogen-bond acceptors (Lipinski definition) is 8. The first-order valence-corrected chi connectivity index (χ1v) is 12.5. The van der Waals surface area contributed by atoms with Crippen LogP contribution in [-0.2, 0) is 35.1 Å². The molecule has 0 aromatic heterocycles. The molecule has 0 saturated carbocycles. The van der Waals surface area contributed by atoms with Crippen molar-refractivity contribution in [3.8, 4) is 0 Å². The number of fused-ring (bicyclic) bond motifs is 1. The van der Waals surface area contributed by atoms with Gasteiger partial charge in [-0.1, -0.05) is 6.07 Å². The van der Waals surface area contributed by atoms with Gasteiger partial charge in [0.15, 0.2) is 0 Å². The van der Waals surface area contributed by atoms with E-state index in [1.54, 1.807) is 18.2 Å². The summed E-state index contributed by atoms with van der Waals surface area (Å²) in [6.07, 6.45) is 1.48. The Hall–Kier alpha value is -2.86. The summed E-state index contributed by atoms with van der Waals surface area (Å²) in [7, 11) is 0. The molecule has 3 N–H and O–H groups in total. The van der Waals surface area contributed by atoms with Gasteiger partial charge >= 0.3 is 0 Å². The normalized spacial score (nSPS) is 17.3. The van der Waals surface area contributed by atoms with Crippen LogP contribution in [0.2, 0.25) is 0 Å². The van der Waals surface area contributed by atoms with Crippen LogP contribution in [0.15, 0.2) is 18.2 Å². The maximum Gasteiger partial charge on any atom is 0.255 e. The van der Waals surface area contributed by atoms with E-state index >= 15 is 0 Å². The van der Waals surface area contributed by atoms with Crippen LogP contribution in [0.1, 0.15) is 48.5 Å². The summed E-state index contributed by atoms with van der Waals surface area (Å²) in [5, 5.41) is 8.44. The van der Waals surface area contributed by atoms with Gasteiger partial charge in [-0.05, 0) is 38.4 Å². The van der Waals surface area contributed by atoms with Gasteiger partial charge in [-0.3, -0.25) is 24.5 Å². The maximum absolute atomic E-state index is 12.9. The predicted molar refractivity (Wildman–Crippen MR) is 131 cm³/mol. The number of hydrogen-bond donors (Lipinski definition) is 3. The highest BCUT2D eigenvalue weighted by Crippen LogP contribution is 2.32. The Morgan fingerprint density at radius 1 is 1.06 bits per heavy atom. The lowest BCUT2D eigenvalue weighted by Gasteiger charge is -2.29. The molecule has 1 unspecified atom stereocenters. The number of imide groups is 1. The third kappa shape index (κ3) is 8.09. The number of benzene rings is 1.